The number of amides is 1. The summed E-state index contributed by atoms with van der Waals surface area (Å²) in [6.45, 7) is 22.1. The first-order chi connectivity index (χ1) is 21.4. The number of nitriles is 1. The Balaban J connectivity index is 0.00000121. The summed E-state index contributed by atoms with van der Waals surface area (Å²) >= 11 is 0. The number of nitrogens with zero attached hydrogens (tertiary/aromatic N) is 5. The van der Waals surface area contributed by atoms with Crippen LogP contribution < -0.4 is 0 Å². The van der Waals surface area contributed by atoms with Crippen LogP contribution in [-0.4, -0.2) is 64.8 Å². The number of carbonyl (C=O) groups excluding carboxylic acids is 1. The van der Waals surface area contributed by atoms with Crippen molar-refractivity contribution in [1.82, 2.24) is 9.80 Å². The number of carbonyl (C=O) groups is 1. The number of hydrogen-bond acceptors (Lipinski definition) is 6. The number of ether oxygens (including phenoxy) is 1. The Hall–Kier alpha value is -3.61. The Morgan fingerprint density at radius 1 is 1.02 bits per heavy atom. The van der Waals surface area contributed by atoms with E-state index >= 15 is 0 Å². The second kappa shape index (κ2) is 21.2. The molecular formula is C36H56F3N5O2. The third kappa shape index (κ3) is 17.2. The van der Waals surface area contributed by atoms with Gasteiger partial charge in [-0.2, -0.15) is 18.4 Å². The molecule has 0 spiro atoms. The van der Waals surface area contributed by atoms with Crippen molar-refractivity contribution in [2.24, 2.45) is 9.98 Å². The van der Waals surface area contributed by atoms with Gasteiger partial charge in [-0.15, -0.1) is 0 Å². The Kier molecular flexibility index (Phi) is 19.6. The van der Waals surface area contributed by atoms with Crippen LogP contribution in [0.1, 0.15) is 108 Å². The fourth-order valence-corrected chi connectivity index (χ4v) is 4.66. The lowest BCUT2D eigenvalue weighted by Gasteiger charge is -2.42. The lowest BCUT2D eigenvalue weighted by Crippen LogP contribution is -2.54. The zero-order valence-corrected chi connectivity index (χ0v) is 29.9. The zero-order valence-electron chi connectivity index (χ0n) is 29.9. The average Bonchev–Trinajstić information content (AvgIpc) is 2.95. The van der Waals surface area contributed by atoms with Crippen LogP contribution in [0.15, 0.2) is 69.1 Å². The van der Waals surface area contributed by atoms with Crippen LogP contribution in [0.25, 0.3) is 0 Å². The topological polar surface area (TPSA) is 81.3 Å². The lowest BCUT2D eigenvalue weighted by molar-refractivity contribution is -0.126. The van der Waals surface area contributed by atoms with E-state index in [4.69, 9.17) is 10.00 Å². The number of alkyl halides is 3. The van der Waals surface area contributed by atoms with Crippen molar-refractivity contribution in [3.63, 3.8) is 0 Å². The molecule has 1 aliphatic rings. The minimum absolute atomic E-state index is 0.149. The average molecular weight is 648 g/mol. The monoisotopic (exact) mass is 647 g/mol. The van der Waals surface area contributed by atoms with E-state index in [-0.39, 0.29) is 17.7 Å². The van der Waals surface area contributed by atoms with Crippen LogP contribution >= 0.6 is 0 Å². The fourth-order valence-electron chi connectivity index (χ4n) is 4.66. The maximum absolute atomic E-state index is 13.3. The van der Waals surface area contributed by atoms with E-state index in [2.05, 4.69) is 23.0 Å². The van der Waals surface area contributed by atoms with Gasteiger partial charge in [0.2, 0.25) is 0 Å². The van der Waals surface area contributed by atoms with Crippen LogP contribution in [0.3, 0.4) is 0 Å². The molecule has 0 aromatic heterocycles. The molecule has 0 aromatic carbocycles. The summed E-state index contributed by atoms with van der Waals surface area (Å²) in [5.41, 5.74) is 3.07. The number of halogens is 3. The van der Waals surface area contributed by atoms with Gasteiger partial charge in [0.05, 0.1) is 6.42 Å². The number of rotatable bonds is 11. The number of hydrogen-bond donors (Lipinski definition) is 0. The summed E-state index contributed by atoms with van der Waals surface area (Å²) < 4.78 is 45.3. The van der Waals surface area contributed by atoms with Crippen molar-refractivity contribution in [2.45, 2.75) is 126 Å². The van der Waals surface area contributed by atoms with Gasteiger partial charge >= 0.3 is 12.3 Å². The number of aliphatic imine (C=N–C) groups is 2. The first kappa shape index (κ1) is 42.4. The van der Waals surface area contributed by atoms with Crippen molar-refractivity contribution in [2.75, 3.05) is 19.6 Å². The van der Waals surface area contributed by atoms with Gasteiger partial charge in [-0.25, -0.2) is 9.79 Å². The highest BCUT2D eigenvalue weighted by molar-refractivity contribution is 6.07. The van der Waals surface area contributed by atoms with Crippen LogP contribution in [0.2, 0.25) is 0 Å². The van der Waals surface area contributed by atoms with Crippen LogP contribution in [0.5, 0.6) is 0 Å². The van der Waals surface area contributed by atoms with Crippen LogP contribution in [0, 0.1) is 11.3 Å². The summed E-state index contributed by atoms with van der Waals surface area (Å²) in [5, 5.41) is 8.78. The summed E-state index contributed by atoms with van der Waals surface area (Å²) in [6, 6.07) is 1.92. The van der Waals surface area contributed by atoms with Gasteiger partial charge in [0.25, 0.3) is 0 Å². The van der Waals surface area contributed by atoms with E-state index in [1.165, 1.54) is 11.6 Å². The molecule has 1 saturated heterocycles. The first-order valence-electron chi connectivity index (χ1n) is 16.1. The Labute approximate surface area is 276 Å². The van der Waals surface area contributed by atoms with Gasteiger partial charge in [-0.1, -0.05) is 51.0 Å². The summed E-state index contributed by atoms with van der Waals surface area (Å²) in [6.07, 6.45) is 8.61. The molecule has 10 heteroatoms. The minimum atomic E-state index is -4.32. The Bertz CT molecular complexity index is 1230. The molecule has 0 aromatic rings. The molecule has 1 unspecified atom stereocenters. The third-order valence-electron chi connectivity index (χ3n) is 6.82. The Morgan fingerprint density at radius 2 is 1.61 bits per heavy atom. The van der Waals surface area contributed by atoms with Gasteiger partial charge in [-0.05, 0) is 86.3 Å². The lowest BCUT2D eigenvalue weighted by atomic mass is 9.95. The quantitative estimate of drug-likeness (QED) is 0.165. The molecule has 0 N–H and O–H groups in total. The molecule has 1 heterocycles. The second-order valence-corrected chi connectivity index (χ2v) is 12.2. The van der Waals surface area contributed by atoms with E-state index < -0.39 is 18.2 Å². The number of piperazine rings is 1. The highest BCUT2D eigenvalue weighted by atomic mass is 19.4. The highest BCUT2D eigenvalue weighted by Crippen LogP contribution is 2.32. The van der Waals surface area contributed by atoms with Crippen molar-refractivity contribution in [1.29, 1.82) is 5.26 Å². The van der Waals surface area contributed by atoms with Crippen molar-refractivity contribution in [3.05, 3.63) is 59.1 Å². The van der Waals surface area contributed by atoms with Gasteiger partial charge in [0.1, 0.15) is 17.4 Å². The van der Waals surface area contributed by atoms with Crippen molar-refractivity contribution < 1.29 is 22.7 Å². The SMILES string of the molecule is CC/C=C/N=C(C#N)/C=C(\C)CCC.C\C=C(CC(F)(F)F)/C(C(/C)=N/C=C/CC)=C(/C)N1CCN(C(=O)OC(C)(C)C)C(C)C1. The van der Waals surface area contributed by atoms with Crippen molar-refractivity contribution >= 4 is 17.5 Å². The van der Waals surface area contributed by atoms with E-state index in [9.17, 15) is 18.0 Å². The highest BCUT2D eigenvalue weighted by Gasteiger charge is 2.34. The van der Waals surface area contributed by atoms with E-state index in [1.54, 1.807) is 31.1 Å². The molecule has 0 aliphatic carbocycles. The van der Waals surface area contributed by atoms with E-state index in [1.807, 2.05) is 78.5 Å². The van der Waals surface area contributed by atoms with Gasteiger partial charge in [0.15, 0.2) is 0 Å². The molecule has 1 amide bonds. The smallest absolute Gasteiger partial charge is 0.410 e. The zero-order chi connectivity index (χ0) is 35.5. The van der Waals surface area contributed by atoms with Crippen LogP contribution in [0.4, 0.5) is 18.0 Å². The second-order valence-electron chi connectivity index (χ2n) is 12.2. The van der Waals surface area contributed by atoms with E-state index in [0.717, 1.165) is 31.4 Å². The molecule has 1 rings (SSSR count). The molecule has 46 heavy (non-hydrogen) atoms. The molecule has 0 radical (unpaired) electrons. The number of allylic oxidation sites excluding steroid dienone is 8. The molecule has 1 atom stereocenters. The predicted octanol–water partition coefficient (Wildman–Crippen LogP) is 10.1. The summed E-state index contributed by atoms with van der Waals surface area (Å²) in [7, 11) is 0. The summed E-state index contributed by atoms with van der Waals surface area (Å²) in [4.78, 5) is 24.7. The minimum Gasteiger partial charge on any atom is -0.444 e. The molecule has 1 aliphatic heterocycles. The van der Waals surface area contributed by atoms with Gasteiger partial charge in [-0.3, -0.25) is 4.99 Å². The van der Waals surface area contributed by atoms with Gasteiger partial charge < -0.3 is 14.5 Å². The molecule has 0 bridgehead atoms. The predicted molar refractivity (Wildman–Crippen MR) is 185 cm³/mol. The largest absolute Gasteiger partial charge is 0.444 e. The Morgan fingerprint density at radius 3 is 2.07 bits per heavy atom. The molecule has 7 nitrogen and oxygen atoms in total. The summed E-state index contributed by atoms with van der Waals surface area (Å²) in [5.74, 6) is 0. The standard InChI is InChI=1S/C24H38F3N3O2.C12H18N2/c1-9-11-12-28-18(4)21(20(10-2)15-24(25,26)27)19(5)29-13-14-30(17(3)16-29)22(31)32-23(6,7)8;1-4-6-8-14-12(10-13)9-11(3)7-5-2/h10-12,17H,9,13-16H2,1-8H3;6,8-9H,4-5,7H2,1-3H3/b12-11+,20-10-,21-19-,28-18+;8-6+,11-9+,14-12-. The first-order valence-corrected chi connectivity index (χ1v) is 16.1. The van der Waals surface area contributed by atoms with Crippen LogP contribution in [-0.2, 0) is 4.74 Å². The normalized spacial score (nSPS) is 18.0. The maximum Gasteiger partial charge on any atom is 0.410 e. The molecule has 0 saturated carbocycles. The van der Waals surface area contributed by atoms with Gasteiger partial charge in [0, 0.05) is 55.1 Å². The third-order valence-corrected chi connectivity index (χ3v) is 6.82. The molecule has 258 valence electrons. The molecular weight excluding hydrogens is 591 g/mol. The maximum atomic E-state index is 13.3. The van der Waals surface area contributed by atoms with Crippen molar-refractivity contribution in [3.8, 4) is 6.07 Å². The molecule has 1 fully saturated rings. The fraction of sp³-hybridized carbons (Fsp3) is 0.611. The van der Waals surface area contributed by atoms with E-state index in [0.29, 0.717) is 36.6 Å².